The number of nitrogens with one attached hydrogen (secondary N) is 1. The Morgan fingerprint density at radius 3 is 2.18 bits per heavy atom. The molecular formula is C56H107NO5. The highest BCUT2D eigenvalue weighted by atomic mass is 16.6. The molecule has 62 heavy (non-hydrogen) atoms. The first-order chi connectivity index (χ1) is 30.2. The minimum absolute atomic E-state index is 0. The van der Waals surface area contributed by atoms with E-state index in [2.05, 4.69) is 65.1 Å². The highest BCUT2D eigenvalue weighted by Crippen LogP contribution is 2.67. The number of hydrogen-bond acceptors (Lipinski definition) is 6. The monoisotopic (exact) mass is 874 g/mol. The Morgan fingerprint density at radius 2 is 1.44 bits per heavy atom. The van der Waals surface area contributed by atoms with E-state index < -0.39 is 0 Å². The van der Waals surface area contributed by atoms with Crippen LogP contribution in [0.3, 0.4) is 0 Å². The summed E-state index contributed by atoms with van der Waals surface area (Å²) in [7, 11) is 0. The van der Waals surface area contributed by atoms with Crippen molar-refractivity contribution in [2.75, 3.05) is 65.9 Å². The zero-order valence-corrected chi connectivity index (χ0v) is 42.1. The summed E-state index contributed by atoms with van der Waals surface area (Å²) in [6.07, 6.45) is 41.4. The molecular weight excluding hydrogens is 767 g/mol. The average Bonchev–Trinajstić information content (AvgIpc) is 3.62. The van der Waals surface area contributed by atoms with Crippen LogP contribution in [0.1, 0.15) is 212 Å². The third kappa shape index (κ3) is 18.5. The zero-order chi connectivity index (χ0) is 44.3. The number of fused-ring (bicyclic) bond motifs is 5. The first kappa shape index (κ1) is 53.9. The van der Waals surface area contributed by atoms with Gasteiger partial charge in [-0.15, -0.1) is 0 Å². The van der Waals surface area contributed by atoms with Crippen LogP contribution in [0.4, 0.5) is 0 Å². The molecule has 9 atom stereocenters. The van der Waals surface area contributed by atoms with E-state index in [9.17, 15) is 0 Å². The standard InChI is InChI=1S/C56H103NO5.2H2/c1-8-10-11-12-13-14-15-16-17-18-19-20-21-22-23-24-37-60-45-50(44-57-36-38-58-9-2)62-42-40-59-39-41-61-49-32-34-55(6)48(43-49)28-29-51-53-31-30-52(47(5)27-25-26-46(3)4)56(53,7)35-33-54(51)55;;/h16-17,28,46-47,49-54,57H,8-15,18-27,29-45H2,1-7H3;2*1H/b17-16-;;/t47-,49+,50?,51+,52-,53?,54?,55+,56-;;/m1../s1. The number of hydrogen-bond donors (Lipinski definition) is 1. The lowest BCUT2D eigenvalue weighted by atomic mass is 9.47. The van der Waals surface area contributed by atoms with Crippen molar-refractivity contribution in [2.24, 2.45) is 46.3 Å². The van der Waals surface area contributed by atoms with Crippen LogP contribution < -0.4 is 5.32 Å². The third-order valence-corrected chi connectivity index (χ3v) is 16.5. The van der Waals surface area contributed by atoms with Gasteiger partial charge in [-0.2, -0.15) is 0 Å². The highest BCUT2D eigenvalue weighted by molar-refractivity contribution is 5.25. The van der Waals surface area contributed by atoms with Crippen molar-refractivity contribution >= 4 is 0 Å². The second-order valence-electron chi connectivity index (χ2n) is 21.5. The van der Waals surface area contributed by atoms with Crippen molar-refractivity contribution in [1.82, 2.24) is 5.32 Å². The van der Waals surface area contributed by atoms with Crippen LogP contribution in [0.2, 0.25) is 0 Å². The second kappa shape index (κ2) is 31.3. The molecule has 0 aromatic carbocycles. The van der Waals surface area contributed by atoms with Gasteiger partial charge in [-0.3, -0.25) is 0 Å². The molecule has 4 rings (SSSR count). The number of rotatable bonds is 37. The normalized spacial score (nSPS) is 28.3. The zero-order valence-electron chi connectivity index (χ0n) is 42.1. The molecule has 0 spiro atoms. The van der Waals surface area contributed by atoms with E-state index in [-0.39, 0.29) is 8.96 Å². The van der Waals surface area contributed by atoms with Gasteiger partial charge in [0.2, 0.25) is 0 Å². The van der Waals surface area contributed by atoms with Gasteiger partial charge in [0.05, 0.1) is 51.8 Å². The van der Waals surface area contributed by atoms with E-state index in [1.807, 2.05) is 6.92 Å². The summed E-state index contributed by atoms with van der Waals surface area (Å²) in [5, 5.41) is 3.49. The predicted molar refractivity (Wildman–Crippen MR) is 267 cm³/mol. The van der Waals surface area contributed by atoms with E-state index in [1.165, 1.54) is 148 Å². The van der Waals surface area contributed by atoms with E-state index in [0.29, 0.717) is 50.0 Å². The minimum atomic E-state index is 0. The largest absolute Gasteiger partial charge is 0.380 e. The van der Waals surface area contributed by atoms with Gasteiger partial charge in [0.15, 0.2) is 0 Å². The van der Waals surface area contributed by atoms with Crippen LogP contribution >= 0.6 is 0 Å². The molecule has 6 heteroatoms. The van der Waals surface area contributed by atoms with Gasteiger partial charge in [0.25, 0.3) is 0 Å². The molecule has 0 aliphatic heterocycles. The van der Waals surface area contributed by atoms with Gasteiger partial charge >= 0.3 is 0 Å². The van der Waals surface area contributed by atoms with Crippen LogP contribution in [0.5, 0.6) is 0 Å². The fourth-order valence-electron chi connectivity index (χ4n) is 12.8. The van der Waals surface area contributed by atoms with Gasteiger partial charge in [-0.25, -0.2) is 0 Å². The predicted octanol–water partition coefficient (Wildman–Crippen LogP) is 15.0. The summed E-state index contributed by atoms with van der Waals surface area (Å²) in [4.78, 5) is 0. The van der Waals surface area contributed by atoms with Crippen LogP contribution in [-0.4, -0.2) is 78.2 Å². The fourth-order valence-corrected chi connectivity index (χ4v) is 12.8. The summed E-state index contributed by atoms with van der Waals surface area (Å²) >= 11 is 0. The molecule has 366 valence electrons. The Balaban J connectivity index is 0.00000704. The molecule has 0 aromatic rings. The molecule has 4 aliphatic carbocycles. The number of allylic oxidation sites excluding steroid dienone is 3. The molecule has 0 heterocycles. The van der Waals surface area contributed by atoms with Crippen LogP contribution in [-0.2, 0) is 23.7 Å². The Morgan fingerprint density at radius 1 is 0.710 bits per heavy atom. The SMILES string of the molecule is CCCCCCCC/C=C\CCCCCCCCOCC(CNCCOCC)OCCOCCO[C@H]1CC[C@@]2(C)C(=CC[C@@H]3C2CC[C@@]2(C)C3CC[C@@H]2[C@H](C)CCCC(C)C)C1.[HH].[HH]. The van der Waals surface area contributed by atoms with E-state index >= 15 is 0 Å². The summed E-state index contributed by atoms with van der Waals surface area (Å²) in [6.45, 7) is 24.0. The molecule has 0 amide bonds. The summed E-state index contributed by atoms with van der Waals surface area (Å²) < 4.78 is 30.4. The first-order valence-electron chi connectivity index (χ1n) is 27.2. The Bertz CT molecular complexity index is 1200. The van der Waals surface area contributed by atoms with Crippen molar-refractivity contribution in [2.45, 2.75) is 221 Å². The van der Waals surface area contributed by atoms with E-state index in [1.54, 1.807) is 5.57 Å². The molecule has 1 N–H and O–H groups in total. The lowest BCUT2D eigenvalue weighted by Crippen LogP contribution is -2.51. The maximum Gasteiger partial charge on any atom is 0.0933 e. The minimum Gasteiger partial charge on any atom is -0.380 e. The summed E-state index contributed by atoms with van der Waals surface area (Å²) in [6, 6.07) is 0. The molecule has 0 saturated heterocycles. The Kier molecular flexibility index (Phi) is 27.1. The molecule has 3 unspecified atom stereocenters. The van der Waals surface area contributed by atoms with Crippen LogP contribution in [0.25, 0.3) is 0 Å². The lowest BCUT2D eigenvalue weighted by Gasteiger charge is -2.58. The molecule has 0 bridgehead atoms. The highest BCUT2D eigenvalue weighted by Gasteiger charge is 2.59. The molecule has 0 aromatic heterocycles. The Hall–Kier alpha value is -0.760. The van der Waals surface area contributed by atoms with Crippen LogP contribution in [0, 0.1) is 46.3 Å². The summed E-state index contributed by atoms with van der Waals surface area (Å²) in [5.74, 6) is 5.33. The van der Waals surface area contributed by atoms with Crippen molar-refractivity contribution in [1.29, 1.82) is 0 Å². The average molecular weight is 874 g/mol. The van der Waals surface area contributed by atoms with Crippen molar-refractivity contribution in [3.8, 4) is 0 Å². The molecule has 4 aliphatic rings. The first-order valence-corrected chi connectivity index (χ1v) is 27.2. The van der Waals surface area contributed by atoms with Gasteiger partial charge < -0.3 is 29.0 Å². The van der Waals surface area contributed by atoms with E-state index in [0.717, 1.165) is 81.3 Å². The molecule has 0 radical (unpaired) electrons. The number of unbranched alkanes of at least 4 members (excludes halogenated alkanes) is 12. The maximum absolute atomic E-state index is 6.49. The summed E-state index contributed by atoms with van der Waals surface area (Å²) in [5.41, 5.74) is 2.66. The van der Waals surface area contributed by atoms with Gasteiger partial charge in [0.1, 0.15) is 0 Å². The number of ether oxygens (including phenoxy) is 5. The van der Waals surface area contributed by atoms with Crippen molar-refractivity contribution in [3.05, 3.63) is 23.8 Å². The Labute approximate surface area is 387 Å². The van der Waals surface area contributed by atoms with Crippen LogP contribution in [0.15, 0.2) is 23.8 Å². The van der Waals surface area contributed by atoms with Gasteiger partial charge in [-0.1, -0.05) is 142 Å². The van der Waals surface area contributed by atoms with Crippen molar-refractivity contribution in [3.63, 3.8) is 0 Å². The smallest absolute Gasteiger partial charge is 0.0933 e. The quantitative estimate of drug-likeness (QED) is 0.0496. The maximum atomic E-state index is 6.49. The second-order valence-corrected chi connectivity index (χ2v) is 21.5. The topological polar surface area (TPSA) is 58.2 Å². The molecule has 3 saturated carbocycles. The fraction of sp³-hybridized carbons (Fsp3) is 0.929. The molecule has 6 nitrogen and oxygen atoms in total. The van der Waals surface area contributed by atoms with Gasteiger partial charge in [-0.05, 0) is 137 Å². The van der Waals surface area contributed by atoms with E-state index in [4.69, 9.17) is 23.7 Å². The third-order valence-electron chi connectivity index (χ3n) is 16.5. The lowest BCUT2D eigenvalue weighted by molar-refractivity contribution is -0.0715. The van der Waals surface area contributed by atoms with Crippen molar-refractivity contribution < 1.29 is 26.5 Å². The van der Waals surface area contributed by atoms with Gasteiger partial charge in [0, 0.05) is 29.2 Å². The molecule has 3 fully saturated rings.